The lowest BCUT2D eigenvalue weighted by molar-refractivity contribution is 0.173. The summed E-state index contributed by atoms with van der Waals surface area (Å²) in [5.41, 5.74) is -0.348. The third-order valence-corrected chi connectivity index (χ3v) is 5.44. The number of nitrogens with zero attached hydrogens (tertiary/aromatic N) is 2. The number of rotatable bonds is 4. The van der Waals surface area contributed by atoms with Gasteiger partial charge in [-0.15, -0.1) is 0 Å². The van der Waals surface area contributed by atoms with E-state index in [9.17, 15) is 8.42 Å². The Morgan fingerprint density at radius 2 is 1.88 bits per heavy atom. The number of hydrogen-bond acceptors (Lipinski definition) is 3. The smallest absolute Gasteiger partial charge is 0.282 e. The van der Waals surface area contributed by atoms with Crippen molar-refractivity contribution in [2.24, 2.45) is 0 Å². The maximum Gasteiger partial charge on any atom is 0.282 e. The third kappa shape index (κ3) is 2.56. The molecule has 0 aromatic rings. The zero-order valence-electron chi connectivity index (χ0n) is 10.7. The second-order valence-electron chi connectivity index (χ2n) is 4.65. The predicted molar refractivity (Wildman–Crippen MR) is 65.5 cm³/mol. The van der Waals surface area contributed by atoms with E-state index < -0.39 is 10.2 Å². The summed E-state index contributed by atoms with van der Waals surface area (Å²) in [5, 5.41) is 3.23. The van der Waals surface area contributed by atoms with E-state index in [-0.39, 0.29) is 5.54 Å². The summed E-state index contributed by atoms with van der Waals surface area (Å²) in [6.07, 6.45) is 0. The molecule has 1 aliphatic heterocycles. The van der Waals surface area contributed by atoms with Crippen molar-refractivity contribution in [1.82, 2.24) is 13.9 Å². The van der Waals surface area contributed by atoms with Crippen LogP contribution < -0.4 is 5.32 Å². The van der Waals surface area contributed by atoms with Gasteiger partial charge in [-0.1, -0.05) is 13.8 Å². The van der Waals surface area contributed by atoms with Crippen molar-refractivity contribution >= 4 is 10.2 Å². The molecule has 1 rings (SSSR count). The fourth-order valence-electron chi connectivity index (χ4n) is 2.08. The van der Waals surface area contributed by atoms with E-state index in [1.165, 1.54) is 4.31 Å². The topological polar surface area (TPSA) is 52.7 Å². The molecular weight excluding hydrogens is 226 g/mol. The zero-order chi connectivity index (χ0) is 12.4. The van der Waals surface area contributed by atoms with Crippen LogP contribution in [-0.2, 0) is 10.2 Å². The summed E-state index contributed by atoms with van der Waals surface area (Å²) in [4.78, 5) is 0. The van der Waals surface area contributed by atoms with Crippen molar-refractivity contribution in [3.63, 3.8) is 0 Å². The molecule has 1 saturated heterocycles. The zero-order valence-corrected chi connectivity index (χ0v) is 11.5. The molecule has 96 valence electrons. The lowest BCUT2D eigenvalue weighted by Crippen LogP contribution is -2.62. The van der Waals surface area contributed by atoms with E-state index in [1.807, 2.05) is 27.7 Å². The first kappa shape index (κ1) is 13.9. The molecule has 1 N–H and O–H groups in total. The van der Waals surface area contributed by atoms with Gasteiger partial charge in [0.2, 0.25) is 0 Å². The highest BCUT2D eigenvalue weighted by Gasteiger charge is 2.40. The van der Waals surface area contributed by atoms with Crippen molar-refractivity contribution in [1.29, 1.82) is 0 Å². The van der Waals surface area contributed by atoms with Gasteiger partial charge in [-0.25, -0.2) is 0 Å². The minimum absolute atomic E-state index is 0.348. The van der Waals surface area contributed by atoms with Crippen LogP contribution in [0.1, 0.15) is 27.7 Å². The summed E-state index contributed by atoms with van der Waals surface area (Å²) in [7, 11) is -3.31. The quantitative estimate of drug-likeness (QED) is 0.777. The highest BCUT2D eigenvalue weighted by molar-refractivity contribution is 7.86. The third-order valence-electron chi connectivity index (χ3n) is 3.03. The maximum atomic E-state index is 12.4. The van der Waals surface area contributed by atoms with Crippen LogP contribution in [0.2, 0.25) is 0 Å². The molecule has 0 unspecified atom stereocenters. The van der Waals surface area contributed by atoms with Crippen LogP contribution in [0.4, 0.5) is 0 Å². The summed E-state index contributed by atoms with van der Waals surface area (Å²) < 4.78 is 27.9. The Labute approximate surface area is 99.0 Å². The molecule has 1 fully saturated rings. The van der Waals surface area contributed by atoms with E-state index in [0.29, 0.717) is 26.2 Å². The Morgan fingerprint density at radius 1 is 1.31 bits per heavy atom. The molecule has 16 heavy (non-hydrogen) atoms. The van der Waals surface area contributed by atoms with Gasteiger partial charge in [0.05, 0.1) is 0 Å². The first-order valence-electron chi connectivity index (χ1n) is 5.85. The average molecular weight is 249 g/mol. The van der Waals surface area contributed by atoms with Gasteiger partial charge in [0, 0.05) is 38.3 Å². The molecule has 0 aliphatic carbocycles. The molecule has 0 amide bonds. The van der Waals surface area contributed by atoms with Gasteiger partial charge in [-0.2, -0.15) is 17.0 Å². The lowest BCUT2D eigenvalue weighted by atomic mass is 10.0. The van der Waals surface area contributed by atoms with Crippen LogP contribution in [0.15, 0.2) is 0 Å². The van der Waals surface area contributed by atoms with Crippen molar-refractivity contribution in [2.75, 3.05) is 32.7 Å². The van der Waals surface area contributed by atoms with Crippen LogP contribution in [0.25, 0.3) is 0 Å². The Morgan fingerprint density at radius 3 is 2.31 bits per heavy atom. The second-order valence-corrected chi connectivity index (χ2v) is 6.51. The molecule has 0 saturated carbocycles. The largest absolute Gasteiger partial charge is 0.314 e. The maximum absolute atomic E-state index is 12.4. The SMILES string of the molecule is CCN(CC)S(=O)(=O)N1CCNCC1(C)C. The fourth-order valence-corrected chi connectivity index (χ4v) is 4.03. The normalized spacial score (nSPS) is 22.6. The molecule has 1 aliphatic rings. The van der Waals surface area contributed by atoms with Gasteiger partial charge in [0.25, 0.3) is 10.2 Å². The molecule has 0 bridgehead atoms. The van der Waals surface area contributed by atoms with Crippen LogP contribution in [0.3, 0.4) is 0 Å². The minimum Gasteiger partial charge on any atom is -0.314 e. The molecular formula is C10H23N3O2S. The number of piperazine rings is 1. The molecule has 0 aromatic carbocycles. The Balaban J connectivity index is 2.97. The minimum atomic E-state index is -3.31. The standard InChI is InChI=1S/C10H23N3O2S/c1-5-12(6-2)16(14,15)13-8-7-11-9-10(13,3)4/h11H,5-9H2,1-4H3. The van der Waals surface area contributed by atoms with E-state index in [0.717, 1.165) is 6.54 Å². The van der Waals surface area contributed by atoms with E-state index in [1.54, 1.807) is 4.31 Å². The van der Waals surface area contributed by atoms with Crippen LogP contribution >= 0.6 is 0 Å². The lowest BCUT2D eigenvalue weighted by Gasteiger charge is -2.43. The summed E-state index contributed by atoms with van der Waals surface area (Å²) >= 11 is 0. The van der Waals surface area contributed by atoms with Gasteiger partial charge in [-0.05, 0) is 13.8 Å². The van der Waals surface area contributed by atoms with Crippen molar-refractivity contribution in [3.05, 3.63) is 0 Å². The van der Waals surface area contributed by atoms with Crippen LogP contribution in [-0.4, -0.2) is 55.3 Å². The van der Waals surface area contributed by atoms with Gasteiger partial charge < -0.3 is 5.32 Å². The first-order valence-corrected chi connectivity index (χ1v) is 7.24. The molecule has 0 radical (unpaired) electrons. The molecule has 6 heteroatoms. The van der Waals surface area contributed by atoms with Gasteiger partial charge >= 0.3 is 0 Å². The highest BCUT2D eigenvalue weighted by atomic mass is 32.2. The summed E-state index contributed by atoms with van der Waals surface area (Å²) in [6.45, 7) is 10.7. The summed E-state index contributed by atoms with van der Waals surface area (Å²) in [6, 6.07) is 0. The second kappa shape index (κ2) is 5.00. The average Bonchev–Trinajstić information content (AvgIpc) is 2.17. The van der Waals surface area contributed by atoms with Gasteiger partial charge in [0.1, 0.15) is 0 Å². The molecule has 0 atom stereocenters. The monoisotopic (exact) mass is 249 g/mol. The van der Waals surface area contributed by atoms with E-state index in [2.05, 4.69) is 5.32 Å². The highest BCUT2D eigenvalue weighted by Crippen LogP contribution is 2.22. The Hall–Kier alpha value is -0.170. The predicted octanol–water partition coefficient (Wildman–Crippen LogP) is 0.257. The molecule has 5 nitrogen and oxygen atoms in total. The first-order chi connectivity index (χ1) is 7.36. The van der Waals surface area contributed by atoms with Gasteiger partial charge in [0.15, 0.2) is 0 Å². The van der Waals surface area contributed by atoms with E-state index in [4.69, 9.17) is 0 Å². The van der Waals surface area contributed by atoms with Gasteiger partial charge in [-0.3, -0.25) is 0 Å². The Bertz CT molecular complexity index is 323. The number of nitrogens with one attached hydrogen (secondary N) is 1. The Kier molecular flexibility index (Phi) is 4.34. The molecule has 0 spiro atoms. The number of hydrogen-bond donors (Lipinski definition) is 1. The molecule has 1 heterocycles. The van der Waals surface area contributed by atoms with Crippen molar-refractivity contribution < 1.29 is 8.42 Å². The van der Waals surface area contributed by atoms with Crippen molar-refractivity contribution in [2.45, 2.75) is 33.2 Å². The fraction of sp³-hybridized carbons (Fsp3) is 1.00. The summed E-state index contributed by atoms with van der Waals surface area (Å²) in [5.74, 6) is 0. The van der Waals surface area contributed by atoms with E-state index >= 15 is 0 Å². The molecule has 0 aromatic heterocycles. The van der Waals surface area contributed by atoms with Crippen LogP contribution in [0.5, 0.6) is 0 Å². The van der Waals surface area contributed by atoms with Crippen molar-refractivity contribution in [3.8, 4) is 0 Å². The van der Waals surface area contributed by atoms with Crippen LogP contribution in [0, 0.1) is 0 Å².